The second-order valence-electron chi connectivity index (χ2n) is 3.53. The predicted octanol–water partition coefficient (Wildman–Crippen LogP) is 0.598. The Morgan fingerprint density at radius 1 is 1.37 bits per heavy atom. The van der Waals surface area contributed by atoms with Gasteiger partial charge in [0, 0.05) is 0 Å². The number of H-pyrrole nitrogens is 1. The van der Waals surface area contributed by atoms with E-state index in [1.165, 1.54) is 6.07 Å². The maximum absolute atomic E-state index is 11.2. The monoisotopic (exact) mass is 265 g/mol. The summed E-state index contributed by atoms with van der Waals surface area (Å²) in [5.74, 6) is -1.74. The van der Waals surface area contributed by atoms with Crippen LogP contribution in [0.25, 0.3) is 11.0 Å². The van der Waals surface area contributed by atoms with E-state index in [4.69, 9.17) is 9.47 Å². The Kier molecular flexibility index (Phi) is 3.60. The normalized spacial score (nSPS) is 10.4. The minimum absolute atomic E-state index is 0.0435. The van der Waals surface area contributed by atoms with Gasteiger partial charge in [-0.15, -0.1) is 0 Å². The van der Waals surface area contributed by atoms with Crippen molar-refractivity contribution in [3.05, 3.63) is 17.7 Å². The van der Waals surface area contributed by atoms with Gasteiger partial charge in [0.1, 0.15) is 22.3 Å². The first-order valence-corrected chi connectivity index (χ1v) is 5.48. The van der Waals surface area contributed by atoms with Crippen LogP contribution in [0.2, 0.25) is 0 Å². The van der Waals surface area contributed by atoms with E-state index in [0.717, 1.165) is 0 Å². The number of aromatic nitrogens is 3. The van der Waals surface area contributed by atoms with Gasteiger partial charge in [0.05, 0.1) is 6.61 Å². The molecule has 0 unspecified atom stereocenters. The molecule has 0 aliphatic rings. The topological polar surface area (TPSA) is 114 Å². The van der Waals surface area contributed by atoms with Crippen LogP contribution in [0.15, 0.2) is 12.1 Å². The minimum Gasteiger partial charge on any atom is -0.481 e. The fourth-order valence-electron chi connectivity index (χ4n) is 1.56. The molecule has 0 radical (unpaired) electrons. The second kappa shape index (κ2) is 5.34. The number of fused-ring (bicyclic) bond motifs is 1. The first kappa shape index (κ1) is 12.8. The Hall–Kier alpha value is -2.64. The number of aromatic amines is 1. The van der Waals surface area contributed by atoms with Crippen molar-refractivity contribution in [1.29, 1.82) is 0 Å². The molecule has 0 atom stereocenters. The smallest absolute Gasteiger partial charge is 0.344 e. The lowest BCUT2D eigenvalue weighted by Crippen LogP contribution is -2.16. The van der Waals surface area contributed by atoms with E-state index in [2.05, 4.69) is 15.4 Å². The number of ether oxygens (including phenoxy) is 2. The van der Waals surface area contributed by atoms with Crippen LogP contribution in [0.4, 0.5) is 0 Å². The molecule has 0 fully saturated rings. The maximum Gasteiger partial charge on any atom is 0.344 e. The Labute approximate surface area is 107 Å². The Morgan fingerprint density at radius 3 is 2.84 bits per heavy atom. The molecule has 0 saturated heterocycles. The molecule has 0 saturated carbocycles. The van der Waals surface area contributed by atoms with Crippen molar-refractivity contribution in [3.8, 4) is 5.75 Å². The van der Waals surface area contributed by atoms with Crippen LogP contribution in [-0.4, -0.2) is 45.7 Å². The highest BCUT2D eigenvalue weighted by atomic mass is 16.6. The quantitative estimate of drug-likeness (QED) is 0.760. The Morgan fingerprint density at radius 2 is 2.16 bits per heavy atom. The molecule has 19 heavy (non-hydrogen) atoms. The molecule has 2 rings (SSSR count). The van der Waals surface area contributed by atoms with Crippen molar-refractivity contribution in [1.82, 2.24) is 15.4 Å². The van der Waals surface area contributed by atoms with Crippen molar-refractivity contribution in [2.75, 3.05) is 13.2 Å². The van der Waals surface area contributed by atoms with Gasteiger partial charge in [-0.05, 0) is 19.1 Å². The van der Waals surface area contributed by atoms with Gasteiger partial charge >= 0.3 is 11.9 Å². The molecule has 0 bridgehead atoms. The molecule has 8 nitrogen and oxygen atoms in total. The van der Waals surface area contributed by atoms with Gasteiger partial charge < -0.3 is 14.6 Å². The largest absolute Gasteiger partial charge is 0.481 e. The third-order valence-electron chi connectivity index (χ3n) is 2.32. The van der Waals surface area contributed by atoms with Crippen molar-refractivity contribution in [2.24, 2.45) is 0 Å². The minimum atomic E-state index is -1.21. The van der Waals surface area contributed by atoms with E-state index in [1.807, 2.05) is 0 Å². The average Bonchev–Trinajstić information content (AvgIpc) is 2.83. The van der Waals surface area contributed by atoms with Crippen LogP contribution >= 0.6 is 0 Å². The highest BCUT2D eigenvalue weighted by molar-refractivity contribution is 6.03. The highest BCUT2D eigenvalue weighted by Crippen LogP contribution is 2.25. The summed E-state index contributed by atoms with van der Waals surface area (Å²) < 4.78 is 9.84. The highest BCUT2D eigenvalue weighted by Gasteiger charge is 2.19. The summed E-state index contributed by atoms with van der Waals surface area (Å²) in [6.07, 6.45) is 0. The fraction of sp³-hybridized carbons (Fsp3) is 0.273. The summed E-state index contributed by atoms with van der Waals surface area (Å²) >= 11 is 0. The molecule has 8 heteroatoms. The predicted molar refractivity (Wildman–Crippen MR) is 63.0 cm³/mol. The van der Waals surface area contributed by atoms with Crippen LogP contribution < -0.4 is 4.74 Å². The zero-order chi connectivity index (χ0) is 13.8. The number of carboxylic acids is 1. The Balaban J connectivity index is 2.29. The molecule has 0 amide bonds. The molecule has 2 N–H and O–H groups in total. The number of carbonyl (C=O) groups is 2. The number of hydrogen-bond donors (Lipinski definition) is 2. The number of rotatable bonds is 5. The van der Waals surface area contributed by atoms with Gasteiger partial charge in [0.2, 0.25) is 0 Å². The lowest BCUT2D eigenvalue weighted by molar-refractivity contribution is -0.145. The average molecular weight is 265 g/mol. The van der Waals surface area contributed by atoms with E-state index >= 15 is 0 Å². The molecule has 0 spiro atoms. The number of esters is 1. The van der Waals surface area contributed by atoms with Gasteiger partial charge in [-0.2, -0.15) is 15.4 Å². The number of benzene rings is 1. The van der Waals surface area contributed by atoms with Crippen LogP contribution in [0.1, 0.15) is 17.3 Å². The molecule has 0 aliphatic heterocycles. The molecular formula is C11H11N3O5. The van der Waals surface area contributed by atoms with Gasteiger partial charge in [0.15, 0.2) is 6.61 Å². The third-order valence-corrected chi connectivity index (χ3v) is 2.32. The lowest BCUT2D eigenvalue weighted by atomic mass is 10.1. The summed E-state index contributed by atoms with van der Waals surface area (Å²) in [7, 11) is 0. The number of hydrogen-bond acceptors (Lipinski definition) is 6. The van der Waals surface area contributed by atoms with Gasteiger partial charge in [-0.1, -0.05) is 0 Å². The van der Waals surface area contributed by atoms with Crippen molar-refractivity contribution < 1.29 is 24.2 Å². The van der Waals surface area contributed by atoms with Crippen LogP contribution in [-0.2, 0) is 9.53 Å². The van der Waals surface area contributed by atoms with Crippen molar-refractivity contribution in [3.63, 3.8) is 0 Å². The summed E-state index contributed by atoms with van der Waals surface area (Å²) in [5.41, 5.74) is 0.435. The number of nitrogens with one attached hydrogen (secondary N) is 1. The maximum atomic E-state index is 11.2. The molecule has 1 aromatic carbocycles. The van der Waals surface area contributed by atoms with Crippen LogP contribution in [0.3, 0.4) is 0 Å². The summed E-state index contributed by atoms with van der Waals surface area (Å²) in [6, 6.07) is 2.97. The van der Waals surface area contributed by atoms with E-state index in [0.29, 0.717) is 5.52 Å². The second-order valence-corrected chi connectivity index (χ2v) is 3.53. The van der Waals surface area contributed by atoms with Crippen LogP contribution in [0, 0.1) is 0 Å². The fourth-order valence-corrected chi connectivity index (χ4v) is 1.56. The molecule has 1 aromatic heterocycles. The van der Waals surface area contributed by atoms with Crippen LogP contribution in [0.5, 0.6) is 5.75 Å². The van der Waals surface area contributed by atoms with Gasteiger partial charge in [-0.25, -0.2) is 9.59 Å². The number of nitrogens with zero attached hydrogens (tertiary/aromatic N) is 2. The van der Waals surface area contributed by atoms with E-state index in [-0.39, 0.29) is 30.0 Å². The Bertz CT molecular complexity index is 622. The number of aromatic carboxylic acids is 1. The van der Waals surface area contributed by atoms with Gasteiger partial charge in [-0.3, -0.25) is 0 Å². The zero-order valence-corrected chi connectivity index (χ0v) is 10.0. The molecule has 0 aliphatic carbocycles. The third kappa shape index (κ3) is 2.62. The first-order valence-electron chi connectivity index (χ1n) is 5.48. The van der Waals surface area contributed by atoms with E-state index in [1.54, 1.807) is 13.0 Å². The first-order chi connectivity index (χ1) is 9.13. The number of carboxylic acid groups (broad SMARTS) is 1. The zero-order valence-electron chi connectivity index (χ0n) is 10.0. The summed E-state index contributed by atoms with van der Waals surface area (Å²) in [5, 5.41) is 19.0. The SMILES string of the molecule is CCOC(=O)COc1ccc2n[nH]nc2c1C(=O)O. The van der Waals surface area contributed by atoms with E-state index in [9.17, 15) is 14.7 Å². The standard InChI is InChI=1S/C11H11N3O5/c1-2-18-8(15)5-19-7-4-3-6-10(13-14-12-6)9(7)11(16)17/h3-4H,2,5H2,1H3,(H,16,17)(H,12,13,14). The summed E-state index contributed by atoms with van der Waals surface area (Å²) in [4.78, 5) is 22.4. The number of carbonyl (C=O) groups excluding carboxylic acids is 1. The van der Waals surface area contributed by atoms with Crippen molar-refractivity contribution in [2.45, 2.75) is 6.92 Å². The van der Waals surface area contributed by atoms with Crippen molar-refractivity contribution >= 4 is 23.0 Å². The molecule has 2 aromatic rings. The molecule has 1 heterocycles. The van der Waals surface area contributed by atoms with E-state index < -0.39 is 11.9 Å². The molecule has 100 valence electrons. The van der Waals surface area contributed by atoms with Gasteiger partial charge in [0.25, 0.3) is 0 Å². The summed E-state index contributed by atoms with van der Waals surface area (Å²) in [6.45, 7) is 1.54. The lowest BCUT2D eigenvalue weighted by Gasteiger charge is -2.08. The molecular weight excluding hydrogens is 254 g/mol.